The number of nitrogens with zero attached hydrogens (tertiary/aromatic N) is 1. The average molecular weight is 236 g/mol. The van der Waals surface area contributed by atoms with E-state index in [4.69, 9.17) is 15.2 Å². The highest BCUT2D eigenvalue weighted by molar-refractivity contribution is 5.69. The molecule has 3 rings (SSSR count). The van der Waals surface area contributed by atoms with Crippen LogP contribution in [0.5, 0.6) is 11.5 Å². The minimum Gasteiger partial charge on any atom is -0.492 e. The first-order chi connectivity index (χ1) is 8.24. The van der Waals surface area contributed by atoms with Gasteiger partial charge in [0.1, 0.15) is 5.75 Å². The summed E-state index contributed by atoms with van der Waals surface area (Å²) >= 11 is 0. The lowest BCUT2D eigenvalue weighted by atomic mass is 9.97. The number of rotatable bonds is 2. The van der Waals surface area contributed by atoms with Crippen LogP contribution in [0.2, 0.25) is 0 Å². The summed E-state index contributed by atoms with van der Waals surface area (Å²) in [6, 6.07) is 0. The molecule has 2 heterocycles. The monoisotopic (exact) mass is 236 g/mol. The summed E-state index contributed by atoms with van der Waals surface area (Å²) in [6.45, 7) is 1.28. The fraction of sp³-hybridized carbons (Fsp3) is 0.455. The Labute approximate surface area is 97.5 Å². The van der Waals surface area contributed by atoms with Crippen LogP contribution in [-0.2, 0) is 19.4 Å². The van der Waals surface area contributed by atoms with Crippen molar-refractivity contribution >= 4 is 5.69 Å². The van der Waals surface area contributed by atoms with Crippen LogP contribution in [0.4, 0.5) is 5.69 Å². The van der Waals surface area contributed by atoms with Gasteiger partial charge in [0.2, 0.25) is 5.75 Å². The average Bonchev–Trinajstić information content (AvgIpc) is 2.92. The lowest BCUT2D eigenvalue weighted by Crippen LogP contribution is -2.05. The summed E-state index contributed by atoms with van der Waals surface area (Å²) < 4.78 is 10.9. The number of nitrogens with two attached hydrogens (primary N) is 1. The Bertz CT molecular complexity index is 478. The van der Waals surface area contributed by atoms with E-state index in [2.05, 4.69) is 0 Å². The highest BCUT2D eigenvalue weighted by Gasteiger charge is 2.36. The molecule has 0 radical (unpaired) electrons. The molecule has 0 aromatic heterocycles. The Morgan fingerprint density at radius 2 is 1.82 bits per heavy atom. The minimum absolute atomic E-state index is 0.0715. The third-order valence-electron chi connectivity index (χ3n) is 3.27. The lowest BCUT2D eigenvalue weighted by Gasteiger charge is -2.11. The van der Waals surface area contributed by atoms with Gasteiger partial charge < -0.3 is 15.2 Å². The van der Waals surface area contributed by atoms with Gasteiger partial charge in [-0.25, -0.2) is 0 Å². The fourth-order valence-electron chi connectivity index (χ4n) is 2.59. The number of fused-ring (bicyclic) bond motifs is 2. The van der Waals surface area contributed by atoms with Crippen LogP contribution < -0.4 is 15.2 Å². The van der Waals surface area contributed by atoms with Crippen LogP contribution in [0.3, 0.4) is 0 Å². The Kier molecular flexibility index (Phi) is 2.19. The molecule has 1 aromatic rings. The van der Waals surface area contributed by atoms with Gasteiger partial charge in [0.05, 0.1) is 23.7 Å². The smallest absolute Gasteiger partial charge is 0.318 e. The zero-order chi connectivity index (χ0) is 12.0. The SMILES string of the molecule is NCc1c2c(c([N+](=O)[O-])c3c1OCC3)OCC2. The molecule has 0 amide bonds. The molecule has 0 aliphatic carbocycles. The molecule has 6 heteroatoms. The summed E-state index contributed by atoms with van der Waals surface area (Å²) in [6.07, 6.45) is 1.22. The highest BCUT2D eigenvalue weighted by atomic mass is 16.6. The highest BCUT2D eigenvalue weighted by Crippen LogP contribution is 2.48. The molecule has 6 nitrogen and oxygen atoms in total. The van der Waals surface area contributed by atoms with E-state index in [-0.39, 0.29) is 10.6 Å². The quantitative estimate of drug-likeness (QED) is 0.609. The molecule has 17 heavy (non-hydrogen) atoms. The molecular weight excluding hydrogens is 224 g/mol. The standard InChI is InChI=1S/C11H12N2O4/c12-5-8-6-1-3-17-11(6)9(13(14)15)7-2-4-16-10(7)8/h1-5,12H2. The van der Waals surface area contributed by atoms with Crippen molar-refractivity contribution in [2.45, 2.75) is 19.4 Å². The molecule has 0 saturated heterocycles. The van der Waals surface area contributed by atoms with Crippen molar-refractivity contribution in [3.8, 4) is 11.5 Å². The molecule has 90 valence electrons. The Morgan fingerprint density at radius 3 is 2.47 bits per heavy atom. The molecule has 0 atom stereocenters. The van der Waals surface area contributed by atoms with Gasteiger partial charge >= 0.3 is 5.69 Å². The van der Waals surface area contributed by atoms with Crippen LogP contribution in [0.1, 0.15) is 16.7 Å². The largest absolute Gasteiger partial charge is 0.492 e. The number of ether oxygens (including phenoxy) is 2. The van der Waals surface area contributed by atoms with Crippen LogP contribution in [0.25, 0.3) is 0 Å². The van der Waals surface area contributed by atoms with Gasteiger partial charge in [-0.1, -0.05) is 0 Å². The zero-order valence-corrected chi connectivity index (χ0v) is 9.19. The first-order valence-electron chi connectivity index (χ1n) is 5.54. The van der Waals surface area contributed by atoms with Crippen molar-refractivity contribution in [1.29, 1.82) is 0 Å². The topological polar surface area (TPSA) is 87.6 Å². The predicted molar refractivity (Wildman–Crippen MR) is 59.4 cm³/mol. The number of benzene rings is 1. The molecule has 1 aromatic carbocycles. The Hall–Kier alpha value is -1.82. The van der Waals surface area contributed by atoms with Crippen molar-refractivity contribution in [3.63, 3.8) is 0 Å². The van der Waals surface area contributed by atoms with Gasteiger partial charge in [0.25, 0.3) is 0 Å². The molecular formula is C11H12N2O4. The number of nitro groups is 1. The third kappa shape index (κ3) is 1.30. The first kappa shape index (κ1) is 10.3. The molecule has 0 bridgehead atoms. The number of nitro benzene ring substituents is 1. The van der Waals surface area contributed by atoms with Crippen LogP contribution in [0.15, 0.2) is 0 Å². The van der Waals surface area contributed by atoms with Gasteiger partial charge in [-0.15, -0.1) is 0 Å². The maximum atomic E-state index is 11.2. The summed E-state index contributed by atoms with van der Waals surface area (Å²) in [5, 5.41) is 11.2. The van der Waals surface area contributed by atoms with E-state index in [0.717, 1.165) is 11.1 Å². The van der Waals surface area contributed by atoms with Crippen molar-refractivity contribution in [1.82, 2.24) is 0 Å². The van der Waals surface area contributed by atoms with Gasteiger partial charge in [0.15, 0.2) is 0 Å². The van der Waals surface area contributed by atoms with Crippen molar-refractivity contribution in [2.75, 3.05) is 13.2 Å². The normalized spacial score (nSPS) is 16.1. The Balaban J connectivity index is 2.34. The second-order valence-corrected chi connectivity index (χ2v) is 4.10. The minimum atomic E-state index is -0.377. The van der Waals surface area contributed by atoms with E-state index in [9.17, 15) is 10.1 Å². The predicted octanol–water partition coefficient (Wildman–Crippen LogP) is 0.923. The van der Waals surface area contributed by atoms with Gasteiger partial charge in [-0.2, -0.15) is 0 Å². The Morgan fingerprint density at radius 1 is 1.18 bits per heavy atom. The van der Waals surface area contributed by atoms with Gasteiger partial charge in [0, 0.05) is 30.5 Å². The van der Waals surface area contributed by atoms with Crippen molar-refractivity contribution in [2.24, 2.45) is 5.73 Å². The fourth-order valence-corrected chi connectivity index (χ4v) is 2.59. The van der Waals surface area contributed by atoms with Gasteiger partial charge in [-0.05, 0) is 0 Å². The van der Waals surface area contributed by atoms with Crippen molar-refractivity contribution < 1.29 is 14.4 Å². The second-order valence-electron chi connectivity index (χ2n) is 4.10. The molecule has 2 aliphatic heterocycles. The van der Waals surface area contributed by atoms with E-state index in [1.807, 2.05) is 0 Å². The van der Waals surface area contributed by atoms with Crippen LogP contribution in [0, 0.1) is 10.1 Å². The summed E-state index contributed by atoms with van der Waals surface area (Å²) in [4.78, 5) is 10.8. The van der Waals surface area contributed by atoms with Gasteiger partial charge in [-0.3, -0.25) is 10.1 Å². The van der Waals surface area contributed by atoms with E-state index in [0.29, 0.717) is 49.7 Å². The first-order valence-corrected chi connectivity index (χ1v) is 5.54. The van der Waals surface area contributed by atoms with E-state index in [1.54, 1.807) is 0 Å². The molecule has 0 saturated carbocycles. The van der Waals surface area contributed by atoms with Crippen molar-refractivity contribution in [3.05, 3.63) is 26.8 Å². The summed E-state index contributed by atoms with van der Waals surface area (Å²) in [5.74, 6) is 1.02. The maximum Gasteiger partial charge on any atom is 0.318 e. The maximum absolute atomic E-state index is 11.2. The molecule has 0 unspecified atom stereocenters. The van der Waals surface area contributed by atoms with Crippen LogP contribution >= 0.6 is 0 Å². The third-order valence-corrected chi connectivity index (χ3v) is 3.27. The second kappa shape index (κ2) is 3.59. The van der Waals surface area contributed by atoms with E-state index < -0.39 is 0 Å². The zero-order valence-electron chi connectivity index (χ0n) is 9.19. The van der Waals surface area contributed by atoms with Crippen LogP contribution in [-0.4, -0.2) is 18.1 Å². The van der Waals surface area contributed by atoms with E-state index >= 15 is 0 Å². The number of hydrogen-bond acceptors (Lipinski definition) is 5. The molecule has 2 aliphatic rings. The summed E-state index contributed by atoms with van der Waals surface area (Å²) in [5.41, 5.74) is 8.14. The molecule has 0 fully saturated rings. The number of hydrogen-bond donors (Lipinski definition) is 1. The van der Waals surface area contributed by atoms with E-state index in [1.165, 1.54) is 0 Å². The molecule has 0 spiro atoms. The summed E-state index contributed by atoms with van der Waals surface area (Å²) in [7, 11) is 0. The molecule has 2 N–H and O–H groups in total. The lowest BCUT2D eigenvalue weighted by molar-refractivity contribution is -0.386.